The van der Waals surface area contributed by atoms with Gasteiger partial charge in [0.25, 0.3) is 0 Å². The molecule has 0 bridgehead atoms. The summed E-state index contributed by atoms with van der Waals surface area (Å²) >= 11 is 0. The summed E-state index contributed by atoms with van der Waals surface area (Å²) in [6.45, 7) is 0. The first-order valence-corrected chi connectivity index (χ1v) is 10.1. The number of hydrogen-bond donors (Lipinski definition) is 0. The summed E-state index contributed by atoms with van der Waals surface area (Å²) in [5, 5.41) is 18.7. The molecule has 30 heavy (non-hydrogen) atoms. The van der Waals surface area contributed by atoms with E-state index in [9.17, 15) is 5.11 Å². The fourth-order valence-electron chi connectivity index (χ4n) is 4.94. The van der Waals surface area contributed by atoms with Crippen LogP contribution < -0.4 is 19.3 Å². The number of fused-ring (bicyclic) bond motifs is 4. The van der Waals surface area contributed by atoms with Crippen LogP contribution in [0.1, 0.15) is 24.0 Å². The van der Waals surface area contributed by atoms with E-state index in [0.717, 1.165) is 35.1 Å². The Morgan fingerprint density at radius 1 is 0.867 bits per heavy atom. The minimum absolute atomic E-state index is 0.220. The zero-order valence-corrected chi connectivity index (χ0v) is 16.5. The van der Waals surface area contributed by atoms with E-state index in [1.54, 1.807) is 7.11 Å². The van der Waals surface area contributed by atoms with E-state index in [4.69, 9.17) is 9.47 Å². The molecule has 0 N–H and O–H groups in total. The summed E-state index contributed by atoms with van der Waals surface area (Å²) < 4.78 is 14.1. The largest absolute Gasteiger partial charge is 0.854 e. The van der Waals surface area contributed by atoms with Crippen molar-refractivity contribution >= 4 is 10.8 Å². The Labute approximate surface area is 174 Å². The molecule has 2 heterocycles. The van der Waals surface area contributed by atoms with E-state index in [2.05, 4.69) is 29.4 Å². The molecule has 1 atom stereocenters. The number of nitrogens with zero attached hydrogens (tertiary/aromatic N) is 2. The number of rotatable bonds is 3. The van der Waals surface area contributed by atoms with Crippen molar-refractivity contribution in [2.45, 2.75) is 24.0 Å². The highest BCUT2D eigenvalue weighted by Crippen LogP contribution is 2.62. The second-order valence-electron chi connectivity index (χ2n) is 7.98. The lowest BCUT2D eigenvalue weighted by Crippen LogP contribution is -2.56. The van der Waals surface area contributed by atoms with Crippen LogP contribution in [0.2, 0.25) is 0 Å². The van der Waals surface area contributed by atoms with Crippen LogP contribution in [0.4, 0.5) is 0 Å². The van der Waals surface area contributed by atoms with Gasteiger partial charge in [0, 0.05) is 29.4 Å². The van der Waals surface area contributed by atoms with Gasteiger partial charge in [-0.2, -0.15) is 0 Å². The van der Waals surface area contributed by atoms with Crippen LogP contribution >= 0.6 is 0 Å². The average molecular weight is 396 g/mol. The molecular weight excluding hydrogens is 376 g/mol. The van der Waals surface area contributed by atoms with Gasteiger partial charge >= 0.3 is 5.88 Å². The zero-order valence-electron chi connectivity index (χ0n) is 16.5. The van der Waals surface area contributed by atoms with Crippen LogP contribution in [-0.4, -0.2) is 12.2 Å². The number of aromatic nitrogens is 2. The van der Waals surface area contributed by atoms with Crippen LogP contribution in [0.5, 0.6) is 17.5 Å². The summed E-state index contributed by atoms with van der Waals surface area (Å²) in [6, 6.07) is 25.8. The molecule has 6 rings (SSSR count). The summed E-state index contributed by atoms with van der Waals surface area (Å²) in [7, 11) is 1.66. The van der Waals surface area contributed by atoms with E-state index in [1.165, 1.54) is 0 Å². The maximum Gasteiger partial charge on any atom is 0.403 e. The smallest absolute Gasteiger partial charge is 0.403 e. The van der Waals surface area contributed by atoms with Crippen molar-refractivity contribution in [1.82, 2.24) is 5.10 Å². The fraction of sp³-hybridized carbons (Fsp3) is 0.200. The molecular formula is C25H20N2O3. The number of hydrogen-bond acceptors (Lipinski definition) is 4. The molecule has 1 aromatic heterocycles. The molecule has 1 unspecified atom stereocenters. The maximum atomic E-state index is 12.8. The minimum atomic E-state index is -0.767. The Morgan fingerprint density at radius 3 is 2.17 bits per heavy atom. The van der Waals surface area contributed by atoms with Gasteiger partial charge < -0.3 is 14.6 Å². The molecule has 1 aliphatic heterocycles. The first-order chi connectivity index (χ1) is 14.7. The molecule has 1 aliphatic carbocycles. The van der Waals surface area contributed by atoms with Gasteiger partial charge in [0.1, 0.15) is 5.75 Å². The third-order valence-electron chi connectivity index (χ3n) is 6.48. The van der Waals surface area contributed by atoms with Crippen LogP contribution in [0, 0.1) is 0 Å². The molecule has 5 nitrogen and oxygen atoms in total. The quantitative estimate of drug-likeness (QED) is 0.498. The van der Waals surface area contributed by atoms with Gasteiger partial charge in [0.15, 0.2) is 0 Å². The number of methoxy groups -OCH3 is 1. The van der Waals surface area contributed by atoms with Crippen molar-refractivity contribution in [2.24, 2.45) is 0 Å². The van der Waals surface area contributed by atoms with Gasteiger partial charge in [-0.25, -0.2) is 0 Å². The van der Waals surface area contributed by atoms with Crippen molar-refractivity contribution in [3.63, 3.8) is 0 Å². The summed E-state index contributed by atoms with van der Waals surface area (Å²) in [4.78, 5) is 0. The third-order valence-corrected chi connectivity index (χ3v) is 6.48. The van der Waals surface area contributed by atoms with E-state index in [1.807, 2.05) is 59.3 Å². The predicted molar refractivity (Wildman–Crippen MR) is 109 cm³/mol. The summed E-state index contributed by atoms with van der Waals surface area (Å²) in [6.07, 6.45) is 1.77. The molecule has 148 valence electrons. The van der Waals surface area contributed by atoms with Gasteiger partial charge in [0.2, 0.25) is 11.1 Å². The second-order valence-corrected chi connectivity index (χ2v) is 7.98. The van der Waals surface area contributed by atoms with E-state index in [0.29, 0.717) is 11.3 Å². The Kier molecular flexibility index (Phi) is 3.43. The van der Waals surface area contributed by atoms with Gasteiger partial charge in [-0.1, -0.05) is 60.7 Å². The third kappa shape index (κ3) is 2.07. The predicted octanol–water partition coefficient (Wildman–Crippen LogP) is 3.43. The Bertz CT molecular complexity index is 1270. The van der Waals surface area contributed by atoms with Crippen molar-refractivity contribution in [3.05, 3.63) is 90.0 Å². The van der Waals surface area contributed by atoms with E-state index in [-0.39, 0.29) is 5.88 Å². The molecule has 1 spiro atoms. The maximum absolute atomic E-state index is 12.8. The monoisotopic (exact) mass is 396 g/mol. The lowest BCUT2D eigenvalue weighted by atomic mass is 9.78. The molecule has 0 saturated heterocycles. The molecule has 1 saturated carbocycles. The Morgan fingerprint density at radius 2 is 1.50 bits per heavy atom. The Balaban J connectivity index is 1.67. The van der Waals surface area contributed by atoms with Gasteiger partial charge in [-0.05, 0) is 28.0 Å². The van der Waals surface area contributed by atoms with Crippen LogP contribution in [0.25, 0.3) is 10.8 Å². The highest BCUT2D eigenvalue weighted by Gasteiger charge is 2.78. The van der Waals surface area contributed by atoms with Gasteiger partial charge in [-0.15, -0.1) is 0 Å². The lowest BCUT2D eigenvalue weighted by Gasteiger charge is -2.30. The number of benzene rings is 3. The van der Waals surface area contributed by atoms with Crippen molar-refractivity contribution in [1.29, 1.82) is 0 Å². The SMILES string of the molecule is COc1ccc(C2(c3ccccc3)Oc3c4ccccc4c([O-])n[n+]3C23CC3)cc1. The second kappa shape index (κ2) is 5.95. The highest BCUT2D eigenvalue weighted by atomic mass is 16.5. The van der Waals surface area contributed by atoms with Gasteiger partial charge in [-0.3, -0.25) is 0 Å². The topological polar surface area (TPSA) is 58.3 Å². The van der Waals surface area contributed by atoms with Crippen LogP contribution in [-0.2, 0) is 11.1 Å². The lowest BCUT2D eigenvalue weighted by molar-refractivity contribution is -0.783. The van der Waals surface area contributed by atoms with Crippen molar-refractivity contribution in [3.8, 4) is 17.5 Å². The first-order valence-electron chi connectivity index (χ1n) is 10.1. The highest BCUT2D eigenvalue weighted by molar-refractivity contribution is 5.89. The van der Waals surface area contributed by atoms with Crippen molar-refractivity contribution < 1.29 is 19.3 Å². The summed E-state index contributed by atoms with van der Waals surface area (Å²) in [5.41, 5.74) is 0.877. The zero-order chi connectivity index (χ0) is 20.3. The summed E-state index contributed by atoms with van der Waals surface area (Å²) in [5.74, 6) is 1.23. The van der Waals surface area contributed by atoms with Crippen LogP contribution in [0.3, 0.4) is 0 Å². The Hall–Kier alpha value is -3.60. The molecule has 1 fully saturated rings. The molecule has 0 amide bonds. The van der Waals surface area contributed by atoms with Crippen molar-refractivity contribution in [2.75, 3.05) is 7.11 Å². The molecule has 2 aliphatic rings. The standard InChI is InChI=1S/C25H20N2O3/c1-29-19-13-11-18(12-14-19)25(17-7-3-2-4-8-17)24(15-16-24)27-23(30-25)21-10-6-5-9-20(21)22(28)26-27/h2-14H,15-16H2,1H3. The molecule has 5 heteroatoms. The molecule has 4 aromatic rings. The van der Waals surface area contributed by atoms with Crippen LogP contribution in [0.15, 0.2) is 78.9 Å². The first kappa shape index (κ1) is 17.3. The minimum Gasteiger partial charge on any atom is -0.854 e. The molecule has 0 radical (unpaired) electrons. The van der Waals surface area contributed by atoms with E-state index >= 15 is 0 Å². The number of ether oxygens (including phenoxy) is 2. The normalized spacial score (nSPS) is 20.7. The fourth-order valence-corrected chi connectivity index (χ4v) is 4.94. The average Bonchev–Trinajstić information content (AvgIpc) is 3.56. The molecule has 3 aromatic carbocycles. The van der Waals surface area contributed by atoms with E-state index < -0.39 is 11.1 Å². The van der Waals surface area contributed by atoms with Gasteiger partial charge in [0.05, 0.1) is 18.4 Å².